The van der Waals surface area contributed by atoms with E-state index < -0.39 is 0 Å². The van der Waals surface area contributed by atoms with Crippen LogP contribution in [-0.4, -0.2) is 49.3 Å². The van der Waals surface area contributed by atoms with Crippen molar-refractivity contribution in [1.29, 1.82) is 0 Å². The van der Waals surface area contributed by atoms with Crippen LogP contribution >= 0.6 is 0 Å². The van der Waals surface area contributed by atoms with E-state index >= 15 is 0 Å². The van der Waals surface area contributed by atoms with Crippen molar-refractivity contribution in [3.63, 3.8) is 0 Å². The van der Waals surface area contributed by atoms with Gasteiger partial charge in [-0.2, -0.15) is 0 Å². The van der Waals surface area contributed by atoms with Crippen LogP contribution in [0, 0.1) is 5.92 Å². The predicted octanol–water partition coefficient (Wildman–Crippen LogP) is 2.26. The van der Waals surface area contributed by atoms with Gasteiger partial charge < -0.3 is 19.5 Å². The summed E-state index contributed by atoms with van der Waals surface area (Å²) in [5, 5.41) is 9.62. The molecule has 0 aliphatic carbocycles. The van der Waals surface area contributed by atoms with Gasteiger partial charge >= 0.3 is 0 Å². The average molecular weight is 321 g/mol. The Morgan fingerprint density at radius 1 is 1.26 bits per heavy atom. The highest BCUT2D eigenvalue weighted by Crippen LogP contribution is 2.28. The molecule has 5 heteroatoms. The monoisotopic (exact) mass is 321 g/mol. The number of carbonyl (C=O) groups excluding carboxylic acids is 1. The molecule has 1 heterocycles. The van der Waals surface area contributed by atoms with Crippen LogP contribution in [-0.2, 0) is 11.2 Å². The third-order valence-electron chi connectivity index (χ3n) is 4.65. The molecule has 5 nitrogen and oxygen atoms in total. The third-order valence-corrected chi connectivity index (χ3v) is 4.65. The second-order valence-electron chi connectivity index (χ2n) is 6.15. The van der Waals surface area contributed by atoms with E-state index in [9.17, 15) is 9.90 Å². The highest BCUT2D eigenvalue weighted by molar-refractivity contribution is 5.76. The number of hydrogen-bond donors (Lipinski definition) is 1. The fraction of sp³-hybridized carbons (Fsp3) is 0.611. The number of aryl methyl sites for hydroxylation is 1. The zero-order valence-electron chi connectivity index (χ0n) is 14.2. The van der Waals surface area contributed by atoms with E-state index in [1.165, 1.54) is 0 Å². The highest BCUT2D eigenvalue weighted by atomic mass is 16.5. The minimum Gasteiger partial charge on any atom is -0.493 e. The number of likely N-dealkylation sites (tertiary alicyclic amines) is 1. The third kappa shape index (κ3) is 4.61. The number of piperidine rings is 1. The van der Waals surface area contributed by atoms with Gasteiger partial charge in [0.1, 0.15) is 0 Å². The normalized spacial score (nSPS) is 17.0. The van der Waals surface area contributed by atoms with Crippen molar-refractivity contribution in [1.82, 2.24) is 4.90 Å². The first-order valence-electron chi connectivity index (χ1n) is 8.22. The molecule has 1 aliphatic rings. The molecule has 128 valence electrons. The summed E-state index contributed by atoms with van der Waals surface area (Å²) in [6, 6.07) is 5.76. The number of methoxy groups -OCH3 is 2. The molecule has 1 atom stereocenters. The van der Waals surface area contributed by atoms with Crippen LogP contribution in [0.3, 0.4) is 0 Å². The Morgan fingerprint density at radius 2 is 1.91 bits per heavy atom. The van der Waals surface area contributed by atoms with Gasteiger partial charge in [0.25, 0.3) is 0 Å². The molecule has 1 aromatic carbocycles. The van der Waals surface area contributed by atoms with Gasteiger partial charge in [0.05, 0.1) is 20.3 Å². The number of benzene rings is 1. The minimum atomic E-state index is -0.279. The fourth-order valence-electron chi connectivity index (χ4n) is 3.08. The van der Waals surface area contributed by atoms with E-state index in [0.29, 0.717) is 30.3 Å². The van der Waals surface area contributed by atoms with Gasteiger partial charge in [0, 0.05) is 19.5 Å². The van der Waals surface area contributed by atoms with Crippen LogP contribution in [0.4, 0.5) is 0 Å². The molecule has 0 spiro atoms. The molecule has 0 bridgehead atoms. The standard InChI is InChI=1S/C18H27NO4/c1-13(20)15-8-10-19(11-9-15)18(21)7-5-14-4-6-16(22-2)17(12-14)23-3/h4,6,12-13,15,20H,5,7-11H2,1-3H3. The summed E-state index contributed by atoms with van der Waals surface area (Å²) in [5.74, 6) is 1.90. The lowest BCUT2D eigenvalue weighted by Crippen LogP contribution is -2.40. The molecule has 1 saturated heterocycles. The number of amides is 1. The lowest BCUT2D eigenvalue weighted by atomic mass is 9.92. The number of rotatable bonds is 6. The van der Waals surface area contributed by atoms with Crippen LogP contribution in [0.15, 0.2) is 18.2 Å². The van der Waals surface area contributed by atoms with Crippen molar-refractivity contribution in [3.8, 4) is 11.5 Å². The van der Waals surface area contributed by atoms with Crippen LogP contribution in [0.25, 0.3) is 0 Å². The molecule has 1 fully saturated rings. The fourth-order valence-corrected chi connectivity index (χ4v) is 3.08. The Hall–Kier alpha value is -1.75. The zero-order chi connectivity index (χ0) is 16.8. The first-order chi connectivity index (χ1) is 11.0. The first kappa shape index (κ1) is 17.6. The topological polar surface area (TPSA) is 59.0 Å². The Labute approximate surface area is 138 Å². The summed E-state index contributed by atoms with van der Waals surface area (Å²) in [4.78, 5) is 14.2. The van der Waals surface area contributed by atoms with Crippen LogP contribution < -0.4 is 9.47 Å². The van der Waals surface area contributed by atoms with Gasteiger partial charge in [-0.25, -0.2) is 0 Å². The molecule has 0 saturated carbocycles. The molecule has 1 unspecified atom stereocenters. The van der Waals surface area contributed by atoms with E-state index in [1.807, 2.05) is 30.0 Å². The number of aliphatic hydroxyl groups is 1. The summed E-state index contributed by atoms with van der Waals surface area (Å²) in [6.07, 6.45) is 2.68. The van der Waals surface area contributed by atoms with Crippen molar-refractivity contribution in [2.24, 2.45) is 5.92 Å². The lowest BCUT2D eigenvalue weighted by Gasteiger charge is -2.33. The maximum absolute atomic E-state index is 12.3. The van der Waals surface area contributed by atoms with Crippen LogP contribution in [0.2, 0.25) is 0 Å². The number of ether oxygens (including phenoxy) is 2. The van der Waals surface area contributed by atoms with Crippen molar-refractivity contribution in [2.75, 3.05) is 27.3 Å². The minimum absolute atomic E-state index is 0.184. The molecule has 2 rings (SSSR count). The Bertz CT molecular complexity index is 522. The Morgan fingerprint density at radius 3 is 2.48 bits per heavy atom. The van der Waals surface area contributed by atoms with Gasteiger partial charge in [0.2, 0.25) is 5.91 Å². The first-order valence-corrected chi connectivity index (χ1v) is 8.22. The molecular formula is C18H27NO4. The second kappa shape index (κ2) is 8.20. The Balaban J connectivity index is 1.85. The quantitative estimate of drug-likeness (QED) is 0.873. The SMILES string of the molecule is COc1ccc(CCC(=O)N2CCC(C(C)O)CC2)cc1OC. The van der Waals surface area contributed by atoms with E-state index in [4.69, 9.17) is 9.47 Å². The molecule has 0 radical (unpaired) electrons. The summed E-state index contributed by atoms with van der Waals surface area (Å²) in [5.41, 5.74) is 1.06. The van der Waals surface area contributed by atoms with E-state index in [-0.39, 0.29) is 12.0 Å². The van der Waals surface area contributed by atoms with E-state index in [2.05, 4.69) is 0 Å². The average Bonchev–Trinajstić information content (AvgIpc) is 2.59. The van der Waals surface area contributed by atoms with E-state index in [0.717, 1.165) is 31.5 Å². The molecular weight excluding hydrogens is 294 g/mol. The van der Waals surface area contributed by atoms with Gasteiger partial charge in [-0.3, -0.25) is 4.79 Å². The van der Waals surface area contributed by atoms with Gasteiger partial charge in [-0.15, -0.1) is 0 Å². The summed E-state index contributed by atoms with van der Waals surface area (Å²) in [7, 11) is 3.22. The molecule has 1 amide bonds. The summed E-state index contributed by atoms with van der Waals surface area (Å²) < 4.78 is 10.5. The van der Waals surface area contributed by atoms with Crippen molar-refractivity contribution in [2.45, 2.75) is 38.7 Å². The summed E-state index contributed by atoms with van der Waals surface area (Å²) in [6.45, 7) is 3.33. The smallest absolute Gasteiger partial charge is 0.222 e. The second-order valence-corrected chi connectivity index (χ2v) is 6.15. The predicted molar refractivity (Wildman–Crippen MR) is 88.9 cm³/mol. The molecule has 1 aliphatic heterocycles. The van der Waals surface area contributed by atoms with Crippen LogP contribution in [0.5, 0.6) is 11.5 Å². The Kier molecular flexibility index (Phi) is 6.28. The maximum atomic E-state index is 12.3. The molecule has 1 aromatic rings. The van der Waals surface area contributed by atoms with Crippen molar-refractivity contribution < 1.29 is 19.4 Å². The number of aliphatic hydroxyl groups excluding tert-OH is 1. The summed E-state index contributed by atoms with van der Waals surface area (Å²) >= 11 is 0. The largest absolute Gasteiger partial charge is 0.493 e. The molecule has 23 heavy (non-hydrogen) atoms. The van der Waals surface area contributed by atoms with E-state index in [1.54, 1.807) is 14.2 Å². The van der Waals surface area contributed by atoms with Crippen LogP contribution in [0.1, 0.15) is 31.7 Å². The number of hydrogen-bond acceptors (Lipinski definition) is 4. The highest BCUT2D eigenvalue weighted by Gasteiger charge is 2.25. The van der Waals surface area contributed by atoms with Crippen molar-refractivity contribution in [3.05, 3.63) is 23.8 Å². The van der Waals surface area contributed by atoms with Gasteiger partial charge in [-0.05, 0) is 49.8 Å². The van der Waals surface area contributed by atoms with Gasteiger partial charge in [0.15, 0.2) is 11.5 Å². The maximum Gasteiger partial charge on any atom is 0.222 e. The zero-order valence-corrected chi connectivity index (χ0v) is 14.2. The number of nitrogens with zero attached hydrogens (tertiary/aromatic N) is 1. The van der Waals surface area contributed by atoms with Crippen molar-refractivity contribution >= 4 is 5.91 Å². The molecule has 1 N–H and O–H groups in total. The lowest BCUT2D eigenvalue weighted by molar-refractivity contribution is -0.133. The number of carbonyl (C=O) groups is 1. The molecule has 0 aromatic heterocycles. The van der Waals surface area contributed by atoms with Gasteiger partial charge in [-0.1, -0.05) is 6.07 Å².